The van der Waals surface area contributed by atoms with Crippen molar-refractivity contribution < 1.29 is 4.74 Å². The summed E-state index contributed by atoms with van der Waals surface area (Å²) in [4.78, 5) is 0. The zero-order valence-corrected chi connectivity index (χ0v) is 10.7. The zero-order chi connectivity index (χ0) is 13.1. The van der Waals surface area contributed by atoms with Crippen LogP contribution in [0, 0.1) is 11.3 Å². The SMILES string of the molecule is N#Cc1cc(N)ccc1Oc1ccc(Cl)c(Cl)c1. The number of benzene rings is 2. The van der Waals surface area contributed by atoms with Crippen LogP contribution in [0.25, 0.3) is 0 Å². The minimum absolute atomic E-state index is 0.362. The normalized spacial score (nSPS) is 9.83. The van der Waals surface area contributed by atoms with Crippen molar-refractivity contribution in [1.29, 1.82) is 5.26 Å². The molecule has 2 N–H and O–H groups in total. The number of anilines is 1. The number of nitrogen functional groups attached to an aromatic ring is 1. The second-order valence-corrected chi connectivity index (χ2v) is 4.36. The standard InChI is InChI=1S/C13H8Cl2N2O/c14-11-3-2-10(6-12(11)15)18-13-4-1-9(17)5-8(13)7-16/h1-6H,17H2. The van der Waals surface area contributed by atoms with Gasteiger partial charge in [-0.15, -0.1) is 0 Å². The summed E-state index contributed by atoms with van der Waals surface area (Å²) in [6.45, 7) is 0. The average Bonchev–Trinajstić information content (AvgIpc) is 2.36. The highest BCUT2D eigenvalue weighted by Crippen LogP contribution is 2.31. The van der Waals surface area contributed by atoms with Crippen LogP contribution < -0.4 is 10.5 Å². The van der Waals surface area contributed by atoms with Gasteiger partial charge in [-0.1, -0.05) is 23.2 Å². The van der Waals surface area contributed by atoms with Crippen LogP contribution in [-0.4, -0.2) is 0 Å². The molecule has 0 aromatic heterocycles. The molecule has 0 aliphatic carbocycles. The van der Waals surface area contributed by atoms with Gasteiger partial charge in [0.25, 0.3) is 0 Å². The summed E-state index contributed by atoms with van der Waals surface area (Å²) >= 11 is 11.7. The van der Waals surface area contributed by atoms with Crippen molar-refractivity contribution in [3.8, 4) is 17.6 Å². The molecular weight excluding hydrogens is 271 g/mol. The van der Waals surface area contributed by atoms with E-state index in [2.05, 4.69) is 0 Å². The molecule has 0 amide bonds. The van der Waals surface area contributed by atoms with E-state index in [0.717, 1.165) is 0 Å². The predicted octanol–water partition coefficient (Wildman–Crippen LogP) is 4.24. The number of rotatable bonds is 2. The van der Waals surface area contributed by atoms with Crippen LogP contribution >= 0.6 is 23.2 Å². The van der Waals surface area contributed by atoms with E-state index in [9.17, 15) is 0 Å². The van der Waals surface area contributed by atoms with Crippen molar-refractivity contribution in [2.75, 3.05) is 5.73 Å². The third-order valence-corrected chi connectivity index (χ3v) is 2.98. The van der Waals surface area contributed by atoms with Gasteiger partial charge < -0.3 is 10.5 Å². The molecule has 90 valence electrons. The van der Waals surface area contributed by atoms with Crippen LogP contribution in [0.15, 0.2) is 36.4 Å². The quantitative estimate of drug-likeness (QED) is 0.836. The first-order valence-corrected chi connectivity index (χ1v) is 5.78. The van der Waals surface area contributed by atoms with Crippen molar-refractivity contribution in [3.05, 3.63) is 52.0 Å². The minimum atomic E-state index is 0.362. The molecule has 0 saturated carbocycles. The van der Waals surface area contributed by atoms with E-state index >= 15 is 0 Å². The first kappa shape index (κ1) is 12.6. The van der Waals surface area contributed by atoms with E-state index in [1.54, 1.807) is 36.4 Å². The van der Waals surface area contributed by atoms with Gasteiger partial charge in [0.05, 0.1) is 15.6 Å². The summed E-state index contributed by atoms with van der Waals surface area (Å²) in [6, 6.07) is 11.7. The van der Waals surface area contributed by atoms with Crippen LogP contribution in [0.2, 0.25) is 10.0 Å². The summed E-state index contributed by atoms with van der Waals surface area (Å²) in [7, 11) is 0. The summed E-state index contributed by atoms with van der Waals surface area (Å²) in [5.41, 5.74) is 6.46. The molecule has 0 aliphatic heterocycles. The van der Waals surface area contributed by atoms with Gasteiger partial charge in [-0.25, -0.2) is 0 Å². The lowest BCUT2D eigenvalue weighted by Gasteiger charge is -2.08. The summed E-state index contributed by atoms with van der Waals surface area (Å²) in [6.07, 6.45) is 0. The molecule has 5 heteroatoms. The van der Waals surface area contributed by atoms with Crippen molar-refractivity contribution in [1.82, 2.24) is 0 Å². The summed E-state index contributed by atoms with van der Waals surface area (Å²) in [5.74, 6) is 0.927. The Balaban J connectivity index is 2.34. The predicted molar refractivity (Wildman–Crippen MR) is 72.1 cm³/mol. The number of nitriles is 1. The van der Waals surface area contributed by atoms with Crippen LogP contribution in [0.3, 0.4) is 0 Å². The molecule has 0 aliphatic rings. The molecular formula is C13H8Cl2N2O. The number of nitrogens with zero attached hydrogens (tertiary/aromatic N) is 1. The first-order chi connectivity index (χ1) is 8.60. The molecule has 0 radical (unpaired) electrons. The Labute approximate surface area is 114 Å². The minimum Gasteiger partial charge on any atom is -0.456 e. The Morgan fingerprint density at radius 3 is 2.50 bits per heavy atom. The van der Waals surface area contributed by atoms with E-state index in [-0.39, 0.29) is 0 Å². The molecule has 0 heterocycles. The molecule has 0 fully saturated rings. The fraction of sp³-hybridized carbons (Fsp3) is 0. The molecule has 18 heavy (non-hydrogen) atoms. The number of hydrogen-bond donors (Lipinski definition) is 1. The number of ether oxygens (including phenoxy) is 1. The van der Waals surface area contributed by atoms with Crippen molar-refractivity contribution >= 4 is 28.9 Å². The highest BCUT2D eigenvalue weighted by Gasteiger charge is 2.06. The lowest BCUT2D eigenvalue weighted by molar-refractivity contribution is 0.481. The number of halogens is 2. The maximum absolute atomic E-state index is 8.99. The highest BCUT2D eigenvalue weighted by atomic mass is 35.5. The van der Waals surface area contributed by atoms with Crippen LogP contribution in [0.1, 0.15) is 5.56 Å². The van der Waals surface area contributed by atoms with Gasteiger partial charge >= 0.3 is 0 Å². The third kappa shape index (κ3) is 2.67. The van der Waals surface area contributed by atoms with E-state index in [1.807, 2.05) is 6.07 Å². The largest absolute Gasteiger partial charge is 0.456 e. The monoisotopic (exact) mass is 278 g/mol. The Hall–Kier alpha value is -1.89. The van der Waals surface area contributed by atoms with E-state index in [1.165, 1.54) is 0 Å². The molecule has 0 unspecified atom stereocenters. The molecule has 3 nitrogen and oxygen atoms in total. The van der Waals surface area contributed by atoms with Gasteiger partial charge in [0.2, 0.25) is 0 Å². The lowest BCUT2D eigenvalue weighted by Crippen LogP contribution is -1.91. The van der Waals surface area contributed by atoms with Crippen LogP contribution in [0.4, 0.5) is 5.69 Å². The second-order valence-electron chi connectivity index (χ2n) is 3.55. The van der Waals surface area contributed by atoms with Gasteiger partial charge in [-0.3, -0.25) is 0 Å². The molecule has 0 atom stereocenters. The fourth-order valence-corrected chi connectivity index (χ4v) is 1.68. The van der Waals surface area contributed by atoms with Crippen LogP contribution in [-0.2, 0) is 0 Å². The number of hydrogen-bond acceptors (Lipinski definition) is 3. The van der Waals surface area contributed by atoms with Gasteiger partial charge in [-0.05, 0) is 30.3 Å². The van der Waals surface area contributed by atoms with Gasteiger partial charge in [0.1, 0.15) is 17.6 Å². The zero-order valence-electron chi connectivity index (χ0n) is 9.15. The van der Waals surface area contributed by atoms with E-state index < -0.39 is 0 Å². The highest BCUT2D eigenvalue weighted by molar-refractivity contribution is 6.42. The molecule has 0 saturated heterocycles. The molecule has 0 bridgehead atoms. The fourth-order valence-electron chi connectivity index (χ4n) is 1.39. The van der Waals surface area contributed by atoms with Crippen molar-refractivity contribution in [2.24, 2.45) is 0 Å². The Morgan fingerprint density at radius 2 is 1.83 bits per heavy atom. The van der Waals surface area contributed by atoms with E-state index in [4.69, 9.17) is 38.9 Å². The average molecular weight is 279 g/mol. The maximum Gasteiger partial charge on any atom is 0.145 e. The smallest absolute Gasteiger partial charge is 0.145 e. The van der Waals surface area contributed by atoms with Gasteiger partial charge in [0.15, 0.2) is 0 Å². The third-order valence-electron chi connectivity index (χ3n) is 2.24. The molecule has 2 rings (SSSR count). The topological polar surface area (TPSA) is 59.0 Å². The molecule has 2 aromatic rings. The van der Waals surface area contributed by atoms with E-state index in [0.29, 0.717) is 32.8 Å². The van der Waals surface area contributed by atoms with Gasteiger partial charge in [-0.2, -0.15) is 5.26 Å². The summed E-state index contributed by atoms with van der Waals surface area (Å²) in [5, 5.41) is 9.82. The van der Waals surface area contributed by atoms with Crippen LogP contribution in [0.5, 0.6) is 11.5 Å². The van der Waals surface area contributed by atoms with Crippen molar-refractivity contribution in [3.63, 3.8) is 0 Å². The first-order valence-electron chi connectivity index (χ1n) is 5.02. The Kier molecular flexibility index (Phi) is 3.61. The Bertz CT molecular complexity index is 635. The lowest BCUT2D eigenvalue weighted by atomic mass is 10.2. The Morgan fingerprint density at radius 1 is 1.06 bits per heavy atom. The maximum atomic E-state index is 8.99. The second kappa shape index (κ2) is 5.18. The molecule has 2 aromatic carbocycles. The summed E-state index contributed by atoms with van der Waals surface area (Å²) < 4.78 is 5.57. The molecule has 0 spiro atoms. The number of nitrogens with two attached hydrogens (primary N) is 1. The van der Waals surface area contributed by atoms with Gasteiger partial charge in [0, 0.05) is 11.8 Å². The van der Waals surface area contributed by atoms with Crippen molar-refractivity contribution in [2.45, 2.75) is 0 Å².